The summed E-state index contributed by atoms with van der Waals surface area (Å²) in [4.78, 5) is 6.34. The Morgan fingerprint density at radius 2 is 1.80 bits per heavy atom. The van der Waals surface area contributed by atoms with Crippen LogP contribution in [0.2, 0.25) is 0 Å². The van der Waals surface area contributed by atoms with Gasteiger partial charge in [0.2, 0.25) is 11.7 Å². The molecule has 1 fully saturated rings. The van der Waals surface area contributed by atoms with Crippen molar-refractivity contribution in [2.45, 2.75) is 31.2 Å². The van der Waals surface area contributed by atoms with Gasteiger partial charge in [0.15, 0.2) is 0 Å². The van der Waals surface area contributed by atoms with E-state index in [1.54, 1.807) is 0 Å². The van der Waals surface area contributed by atoms with Crippen molar-refractivity contribution in [2.24, 2.45) is 0 Å². The Labute approximate surface area is 197 Å². The summed E-state index contributed by atoms with van der Waals surface area (Å²) in [5.41, 5.74) is -1.19. The number of likely N-dealkylation sites (tertiary alicyclic amines) is 1. The van der Waals surface area contributed by atoms with E-state index < -0.39 is 29.2 Å². The Hall–Kier alpha value is -3.34. The van der Waals surface area contributed by atoms with Gasteiger partial charge in [0.05, 0.1) is 17.2 Å². The van der Waals surface area contributed by atoms with Crippen molar-refractivity contribution in [3.05, 3.63) is 71.1 Å². The first kappa shape index (κ1) is 24.8. The summed E-state index contributed by atoms with van der Waals surface area (Å²) in [5, 5.41) is 3.85. The zero-order valence-corrected chi connectivity index (χ0v) is 18.5. The largest absolute Gasteiger partial charge is 0.489 e. The molecule has 0 radical (unpaired) electrons. The lowest BCUT2D eigenvalue weighted by Gasteiger charge is -2.14. The van der Waals surface area contributed by atoms with Gasteiger partial charge >= 0.3 is 12.4 Å². The standard InChI is InChI=1S/C24H21F6N3O2/c1-33-12-2-5-19(33)22-31-21(32-35-22)16-8-11-20(18(14-16)24(28,29)30)34-13-3-4-15-6-9-17(10-7-15)23(25,26)27/h3-4,6-11,14,19H,2,5,12-13H2,1H3/b4-3+/t19-/m0/s1. The van der Waals surface area contributed by atoms with Gasteiger partial charge in [0.25, 0.3) is 0 Å². The highest BCUT2D eigenvalue weighted by atomic mass is 19.4. The number of nitrogens with zero attached hydrogens (tertiary/aromatic N) is 3. The Bertz CT molecular complexity index is 1190. The van der Waals surface area contributed by atoms with Crippen molar-refractivity contribution in [3.8, 4) is 17.1 Å². The van der Waals surface area contributed by atoms with Crippen LogP contribution in [0, 0.1) is 0 Å². The van der Waals surface area contributed by atoms with Crippen molar-refractivity contribution in [1.82, 2.24) is 15.0 Å². The molecule has 2 aromatic carbocycles. The molecule has 1 saturated heterocycles. The van der Waals surface area contributed by atoms with Crippen molar-refractivity contribution >= 4 is 6.08 Å². The average Bonchev–Trinajstić information content (AvgIpc) is 3.45. The van der Waals surface area contributed by atoms with Crippen molar-refractivity contribution < 1.29 is 35.6 Å². The number of hydrogen-bond donors (Lipinski definition) is 0. The fourth-order valence-corrected chi connectivity index (χ4v) is 3.83. The number of halogens is 6. The number of alkyl halides is 6. The molecule has 5 nitrogen and oxygen atoms in total. The first-order valence-corrected chi connectivity index (χ1v) is 10.7. The smallest absolute Gasteiger partial charge is 0.419 e. The summed E-state index contributed by atoms with van der Waals surface area (Å²) in [6, 6.07) is 7.82. The third-order valence-electron chi connectivity index (χ3n) is 5.67. The van der Waals surface area contributed by atoms with E-state index in [1.165, 1.54) is 36.4 Å². The van der Waals surface area contributed by atoms with E-state index in [2.05, 4.69) is 10.1 Å². The molecular weight excluding hydrogens is 476 g/mol. The Morgan fingerprint density at radius 1 is 1.06 bits per heavy atom. The van der Waals surface area contributed by atoms with E-state index in [0.717, 1.165) is 37.6 Å². The highest BCUT2D eigenvalue weighted by molar-refractivity contribution is 5.59. The zero-order chi connectivity index (χ0) is 25.2. The van der Waals surface area contributed by atoms with E-state index in [4.69, 9.17) is 9.26 Å². The minimum Gasteiger partial charge on any atom is -0.489 e. The molecule has 35 heavy (non-hydrogen) atoms. The second-order valence-electron chi connectivity index (χ2n) is 8.14. The molecule has 1 aromatic heterocycles. The van der Waals surface area contributed by atoms with Gasteiger partial charge in [-0.25, -0.2) is 0 Å². The van der Waals surface area contributed by atoms with Crippen LogP contribution >= 0.6 is 0 Å². The topological polar surface area (TPSA) is 51.4 Å². The van der Waals surface area contributed by atoms with E-state index in [1.807, 2.05) is 11.9 Å². The lowest BCUT2D eigenvalue weighted by atomic mass is 10.1. The summed E-state index contributed by atoms with van der Waals surface area (Å²) in [5.74, 6) is 0.0272. The van der Waals surface area contributed by atoms with Crippen molar-refractivity contribution in [3.63, 3.8) is 0 Å². The van der Waals surface area contributed by atoms with Crippen LogP contribution in [-0.2, 0) is 12.4 Å². The Balaban J connectivity index is 1.47. The van der Waals surface area contributed by atoms with Gasteiger partial charge in [-0.1, -0.05) is 23.4 Å². The summed E-state index contributed by atoms with van der Waals surface area (Å²) < 4.78 is 89.5. The normalized spacial score (nSPS) is 17.4. The molecule has 0 N–H and O–H groups in total. The number of ether oxygens (including phenoxy) is 1. The van der Waals surface area contributed by atoms with Gasteiger partial charge in [-0.05, 0) is 68.4 Å². The Morgan fingerprint density at radius 3 is 2.43 bits per heavy atom. The monoisotopic (exact) mass is 497 g/mol. The van der Waals surface area contributed by atoms with Gasteiger partial charge in [0, 0.05) is 5.56 Å². The predicted molar refractivity (Wildman–Crippen MR) is 115 cm³/mol. The number of benzene rings is 2. The molecule has 1 aliphatic rings. The molecule has 0 amide bonds. The summed E-state index contributed by atoms with van der Waals surface area (Å²) in [6.45, 7) is 0.657. The first-order chi connectivity index (χ1) is 16.5. The van der Waals surface area contributed by atoms with Crippen LogP contribution in [-0.4, -0.2) is 35.2 Å². The Kier molecular flexibility index (Phi) is 6.88. The van der Waals surface area contributed by atoms with Crippen molar-refractivity contribution in [1.29, 1.82) is 0 Å². The summed E-state index contributed by atoms with van der Waals surface area (Å²) in [7, 11) is 1.92. The van der Waals surface area contributed by atoms with Crippen LogP contribution in [0.25, 0.3) is 17.5 Å². The van der Waals surface area contributed by atoms with Crippen LogP contribution in [0.4, 0.5) is 26.3 Å². The minimum atomic E-state index is -4.69. The van der Waals surface area contributed by atoms with E-state index >= 15 is 0 Å². The van der Waals surface area contributed by atoms with Crippen LogP contribution < -0.4 is 4.74 Å². The fourth-order valence-electron chi connectivity index (χ4n) is 3.83. The van der Waals surface area contributed by atoms with Crippen molar-refractivity contribution in [2.75, 3.05) is 20.2 Å². The number of rotatable bonds is 6. The third kappa shape index (κ3) is 5.84. The SMILES string of the molecule is CN1CCC[C@H]1c1nc(-c2ccc(OC/C=C/c3ccc(C(F)(F)F)cc3)c(C(F)(F)F)c2)no1. The van der Waals surface area contributed by atoms with Gasteiger partial charge < -0.3 is 9.26 Å². The third-order valence-corrected chi connectivity index (χ3v) is 5.67. The lowest BCUT2D eigenvalue weighted by Crippen LogP contribution is -2.17. The summed E-state index contributed by atoms with van der Waals surface area (Å²) in [6.07, 6.45) is -4.46. The fraction of sp³-hybridized carbons (Fsp3) is 0.333. The van der Waals surface area contributed by atoms with Crippen LogP contribution in [0.3, 0.4) is 0 Å². The average molecular weight is 497 g/mol. The molecule has 3 aromatic rings. The maximum absolute atomic E-state index is 13.7. The molecule has 1 aliphatic heterocycles. The first-order valence-electron chi connectivity index (χ1n) is 10.7. The molecule has 0 unspecified atom stereocenters. The lowest BCUT2D eigenvalue weighted by molar-refractivity contribution is -0.139. The summed E-state index contributed by atoms with van der Waals surface area (Å²) >= 11 is 0. The molecule has 4 rings (SSSR count). The molecule has 0 spiro atoms. The highest BCUT2D eigenvalue weighted by Gasteiger charge is 2.35. The van der Waals surface area contributed by atoms with E-state index in [-0.39, 0.29) is 24.0 Å². The van der Waals surface area contributed by atoms with Gasteiger partial charge in [-0.15, -0.1) is 0 Å². The second-order valence-corrected chi connectivity index (χ2v) is 8.14. The van der Waals surface area contributed by atoms with Gasteiger partial charge in [-0.3, -0.25) is 4.90 Å². The molecule has 186 valence electrons. The van der Waals surface area contributed by atoms with Gasteiger partial charge in [-0.2, -0.15) is 31.3 Å². The van der Waals surface area contributed by atoms with Gasteiger partial charge in [0.1, 0.15) is 12.4 Å². The second kappa shape index (κ2) is 9.73. The zero-order valence-electron chi connectivity index (χ0n) is 18.5. The molecule has 0 aliphatic carbocycles. The maximum atomic E-state index is 13.7. The molecule has 0 bridgehead atoms. The highest BCUT2D eigenvalue weighted by Crippen LogP contribution is 2.39. The number of aromatic nitrogens is 2. The van der Waals surface area contributed by atoms with Crippen LogP contribution in [0.15, 0.2) is 53.1 Å². The van der Waals surface area contributed by atoms with E-state index in [9.17, 15) is 26.3 Å². The molecule has 0 saturated carbocycles. The number of hydrogen-bond acceptors (Lipinski definition) is 5. The van der Waals surface area contributed by atoms with E-state index in [0.29, 0.717) is 11.5 Å². The quantitative estimate of drug-likeness (QED) is 0.358. The molecule has 2 heterocycles. The molecule has 11 heteroatoms. The van der Waals surface area contributed by atoms with Crippen LogP contribution in [0.5, 0.6) is 5.75 Å². The minimum absolute atomic E-state index is 0.0551. The van der Waals surface area contributed by atoms with Crippen LogP contribution in [0.1, 0.15) is 41.5 Å². The predicted octanol–water partition coefficient (Wildman–Crippen LogP) is 6.63. The molecule has 1 atom stereocenters. The maximum Gasteiger partial charge on any atom is 0.419 e. The molecular formula is C24H21F6N3O2.